The van der Waals surface area contributed by atoms with Crippen LogP contribution in [0.25, 0.3) is 0 Å². The highest BCUT2D eigenvalue weighted by Crippen LogP contribution is 2.20. The van der Waals surface area contributed by atoms with E-state index in [4.69, 9.17) is 19.7 Å². The molecule has 0 aromatic rings. The van der Waals surface area contributed by atoms with Crippen LogP contribution in [0.5, 0.6) is 0 Å². The molecule has 0 aliphatic carbocycles. The van der Waals surface area contributed by atoms with Crippen molar-refractivity contribution in [1.82, 2.24) is 10.6 Å². The predicted octanol–water partition coefficient (Wildman–Crippen LogP) is -3.81. The Labute approximate surface area is 209 Å². The Morgan fingerprint density at radius 2 is 1.47 bits per heavy atom. The van der Waals surface area contributed by atoms with Crippen molar-refractivity contribution in [3.05, 3.63) is 0 Å². The van der Waals surface area contributed by atoms with Crippen LogP contribution in [0.15, 0.2) is 0 Å². The second kappa shape index (κ2) is 17.1. The molecule has 9 atom stereocenters. The highest BCUT2D eigenvalue weighted by molar-refractivity contribution is 5.76. The number of aliphatic hydroxyl groups excluding tert-OH is 8. The van der Waals surface area contributed by atoms with Crippen molar-refractivity contribution < 1.29 is 59.9 Å². The molecule has 9 unspecified atom stereocenters. The molecule has 2 amide bonds. The molecule has 0 bridgehead atoms. The van der Waals surface area contributed by atoms with Crippen molar-refractivity contribution in [2.45, 2.75) is 107 Å². The van der Waals surface area contributed by atoms with Gasteiger partial charge in [0.1, 0.15) is 36.5 Å². The molecule has 212 valence electrons. The Balaban J connectivity index is 2.21. The molecule has 1 heterocycles. The first kappa shape index (κ1) is 32.6. The molecule has 1 rings (SSSR count). The first-order valence-corrected chi connectivity index (χ1v) is 12.2. The van der Waals surface area contributed by atoms with Gasteiger partial charge in [0.2, 0.25) is 11.8 Å². The number of rotatable bonds is 17. The standard InChI is InChI=1S/C22H42N2O12/c1-12(28)14(10-26)35-21(33)13(9-25)23-16(29)7-5-3-2-4-6-8-17(30)24-18-20(32)19(31)15(11-27)36-22(18)34/h12-15,18-22,25-28,31-34H,2-11H2,1H3,(H,23,29)(H,24,30). The van der Waals surface area contributed by atoms with Gasteiger partial charge in [-0.2, -0.15) is 0 Å². The van der Waals surface area contributed by atoms with Crippen molar-refractivity contribution in [3.8, 4) is 0 Å². The van der Waals surface area contributed by atoms with Crippen LogP contribution in [-0.4, -0.2) is 128 Å². The fourth-order valence-corrected chi connectivity index (χ4v) is 3.68. The van der Waals surface area contributed by atoms with Crippen LogP contribution in [0.4, 0.5) is 0 Å². The first-order chi connectivity index (χ1) is 17.0. The Morgan fingerprint density at radius 1 is 0.889 bits per heavy atom. The average Bonchev–Trinajstić information content (AvgIpc) is 2.84. The van der Waals surface area contributed by atoms with Gasteiger partial charge in [-0.1, -0.05) is 19.3 Å². The van der Waals surface area contributed by atoms with Gasteiger partial charge in [-0.25, -0.2) is 0 Å². The number of hydrogen-bond acceptors (Lipinski definition) is 12. The van der Waals surface area contributed by atoms with Crippen LogP contribution >= 0.6 is 0 Å². The minimum Gasteiger partial charge on any atom is -0.394 e. The lowest BCUT2D eigenvalue weighted by Gasteiger charge is -2.40. The third kappa shape index (κ3) is 10.9. The summed E-state index contributed by atoms with van der Waals surface area (Å²) in [6.07, 6.45) is -5.98. The smallest absolute Gasteiger partial charge is 0.220 e. The molecule has 14 nitrogen and oxygen atoms in total. The van der Waals surface area contributed by atoms with Gasteiger partial charge in [0.05, 0.1) is 25.9 Å². The maximum absolute atomic E-state index is 12.1. The SMILES string of the molecule is CC(O)C(CO)OC(O)C(CO)NC(=O)CCCCCCCC(=O)NC1C(O)OC(CO)C(O)C1O. The van der Waals surface area contributed by atoms with E-state index >= 15 is 0 Å². The monoisotopic (exact) mass is 526 g/mol. The molecule has 10 N–H and O–H groups in total. The van der Waals surface area contributed by atoms with Crippen molar-refractivity contribution in [2.75, 3.05) is 19.8 Å². The van der Waals surface area contributed by atoms with Crippen LogP contribution in [0, 0.1) is 0 Å². The second-order valence-electron chi connectivity index (χ2n) is 8.93. The molecule has 14 heteroatoms. The number of carbonyl (C=O) groups is 2. The van der Waals surface area contributed by atoms with Crippen LogP contribution in [0.2, 0.25) is 0 Å². The molecular formula is C22H42N2O12. The summed E-state index contributed by atoms with van der Waals surface area (Å²) < 4.78 is 10.1. The normalized spacial score (nSPS) is 27.6. The largest absolute Gasteiger partial charge is 0.394 e. The summed E-state index contributed by atoms with van der Waals surface area (Å²) in [4.78, 5) is 24.2. The fraction of sp³-hybridized carbons (Fsp3) is 0.909. The van der Waals surface area contributed by atoms with Crippen molar-refractivity contribution in [1.29, 1.82) is 0 Å². The zero-order valence-electron chi connectivity index (χ0n) is 20.5. The molecule has 1 fully saturated rings. The van der Waals surface area contributed by atoms with E-state index in [2.05, 4.69) is 10.6 Å². The molecule has 0 spiro atoms. The minimum atomic E-state index is -1.61. The quantitative estimate of drug-likeness (QED) is 0.0648. The molecule has 1 aliphatic heterocycles. The van der Waals surface area contributed by atoms with E-state index in [1.165, 1.54) is 6.92 Å². The Bertz CT molecular complexity index is 640. The van der Waals surface area contributed by atoms with Crippen LogP contribution in [-0.2, 0) is 19.1 Å². The Morgan fingerprint density at radius 3 is 2.00 bits per heavy atom. The molecular weight excluding hydrogens is 484 g/mol. The van der Waals surface area contributed by atoms with E-state index in [1.807, 2.05) is 0 Å². The summed E-state index contributed by atoms with van der Waals surface area (Å²) in [6, 6.07) is -2.34. The maximum atomic E-state index is 12.1. The highest BCUT2D eigenvalue weighted by Gasteiger charge is 2.44. The van der Waals surface area contributed by atoms with E-state index in [9.17, 15) is 40.2 Å². The maximum Gasteiger partial charge on any atom is 0.220 e. The summed E-state index contributed by atoms with van der Waals surface area (Å²) in [7, 11) is 0. The number of nitrogens with one attached hydrogen (secondary N) is 2. The number of ether oxygens (including phenoxy) is 2. The lowest BCUT2D eigenvalue weighted by molar-refractivity contribution is -0.253. The average molecular weight is 527 g/mol. The lowest BCUT2D eigenvalue weighted by atomic mass is 9.97. The van der Waals surface area contributed by atoms with Crippen LogP contribution < -0.4 is 10.6 Å². The van der Waals surface area contributed by atoms with Gasteiger partial charge in [-0.05, 0) is 19.8 Å². The molecule has 36 heavy (non-hydrogen) atoms. The fourth-order valence-electron chi connectivity index (χ4n) is 3.68. The van der Waals surface area contributed by atoms with Gasteiger partial charge < -0.3 is 61.0 Å². The van der Waals surface area contributed by atoms with Gasteiger partial charge in [0.15, 0.2) is 12.6 Å². The Hall–Kier alpha value is -1.46. The first-order valence-electron chi connectivity index (χ1n) is 12.2. The number of unbranched alkanes of at least 4 members (excludes halogenated alkanes) is 4. The highest BCUT2D eigenvalue weighted by atomic mass is 16.6. The third-order valence-electron chi connectivity index (χ3n) is 5.95. The van der Waals surface area contributed by atoms with Crippen LogP contribution in [0.3, 0.4) is 0 Å². The molecule has 0 radical (unpaired) electrons. The van der Waals surface area contributed by atoms with Crippen molar-refractivity contribution in [2.24, 2.45) is 0 Å². The number of amides is 2. The summed E-state index contributed by atoms with van der Waals surface area (Å²) in [5.74, 6) is -0.850. The summed E-state index contributed by atoms with van der Waals surface area (Å²) in [5, 5.41) is 81.7. The van der Waals surface area contributed by atoms with Gasteiger partial charge in [-0.3, -0.25) is 9.59 Å². The second-order valence-corrected chi connectivity index (χ2v) is 8.93. The molecule has 1 saturated heterocycles. The molecule has 0 aromatic heterocycles. The van der Waals surface area contributed by atoms with Gasteiger partial charge in [-0.15, -0.1) is 0 Å². The third-order valence-corrected chi connectivity index (χ3v) is 5.95. The number of aliphatic hydroxyl groups is 8. The van der Waals surface area contributed by atoms with Gasteiger partial charge in [0.25, 0.3) is 0 Å². The zero-order chi connectivity index (χ0) is 27.3. The number of carbonyl (C=O) groups excluding carboxylic acids is 2. The topological polar surface area (TPSA) is 238 Å². The summed E-state index contributed by atoms with van der Waals surface area (Å²) in [6.45, 7) is -0.373. The van der Waals surface area contributed by atoms with E-state index in [0.29, 0.717) is 25.7 Å². The lowest BCUT2D eigenvalue weighted by Crippen LogP contribution is -2.64. The molecule has 0 saturated carbocycles. The van der Waals surface area contributed by atoms with E-state index in [1.54, 1.807) is 0 Å². The van der Waals surface area contributed by atoms with E-state index in [0.717, 1.165) is 6.42 Å². The van der Waals surface area contributed by atoms with E-state index in [-0.39, 0.29) is 12.8 Å². The number of hydrogen-bond donors (Lipinski definition) is 10. The van der Waals surface area contributed by atoms with E-state index < -0.39 is 86.8 Å². The van der Waals surface area contributed by atoms with Crippen molar-refractivity contribution >= 4 is 11.8 Å². The van der Waals surface area contributed by atoms with Gasteiger partial charge >= 0.3 is 0 Å². The summed E-state index contributed by atoms with van der Waals surface area (Å²) >= 11 is 0. The zero-order valence-corrected chi connectivity index (χ0v) is 20.5. The minimum absolute atomic E-state index is 0.118. The summed E-state index contributed by atoms with van der Waals surface area (Å²) in [5.41, 5.74) is 0. The van der Waals surface area contributed by atoms with Gasteiger partial charge in [0, 0.05) is 12.8 Å². The van der Waals surface area contributed by atoms with Crippen LogP contribution in [0.1, 0.15) is 51.9 Å². The predicted molar refractivity (Wildman–Crippen MR) is 123 cm³/mol. The molecule has 0 aromatic carbocycles. The molecule has 1 aliphatic rings. The van der Waals surface area contributed by atoms with Crippen molar-refractivity contribution in [3.63, 3.8) is 0 Å². The Kier molecular flexibility index (Phi) is 15.5.